The number of hydrogen-bond donors (Lipinski definition) is 2. The molecule has 10 nitrogen and oxygen atoms in total. The number of rotatable bonds is 10. The topological polar surface area (TPSA) is 124 Å². The minimum Gasteiger partial charge on any atom is -0.476 e. The van der Waals surface area contributed by atoms with Crippen molar-refractivity contribution in [3.63, 3.8) is 0 Å². The smallest absolute Gasteiger partial charge is 0.217 e. The Morgan fingerprint density at radius 1 is 1.32 bits per heavy atom. The molecule has 34 heavy (non-hydrogen) atoms. The average molecular weight is 465 g/mol. The first-order valence-electron chi connectivity index (χ1n) is 11.4. The largest absolute Gasteiger partial charge is 0.476 e. The first kappa shape index (κ1) is 24.8. The Balaban J connectivity index is 1.72. The molecule has 0 spiro atoms. The van der Waals surface area contributed by atoms with Gasteiger partial charge in [0.25, 0.3) is 0 Å². The summed E-state index contributed by atoms with van der Waals surface area (Å²) < 4.78 is 11.5. The highest BCUT2D eigenvalue weighted by Gasteiger charge is 2.15. The lowest BCUT2D eigenvalue weighted by atomic mass is 10.2. The molecule has 2 heterocycles. The number of guanidine groups is 1. The van der Waals surface area contributed by atoms with Gasteiger partial charge in [-0.25, -0.2) is 0 Å². The zero-order valence-corrected chi connectivity index (χ0v) is 19.8. The van der Waals surface area contributed by atoms with E-state index in [9.17, 15) is 0 Å². The van der Waals surface area contributed by atoms with Gasteiger partial charge >= 0.3 is 0 Å². The summed E-state index contributed by atoms with van der Waals surface area (Å²) in [6.07, 6.45) is 4.37. The van der Waals surface area contributed by atoms with E-state index in [1.165, 1.54) is 5.56 Å². The molecule has 0 unspecified atom stereocenters. The lowest BCUT2D eigenvalue weighted by molar-refractivity contribution is 0.122. The van der Waals surface area contributed by atoms with E-state index in [1.807, 2.05) is 49.1 Å². The molecule has 0 amide bonds. The molecule has 0 bridgehead atoms. The van der Waals surface area contributed by atoms with Gasteiger partial charge in [-0.3, -0.25) is 5.43 Å². The second-order valence-electron chi connectivity index (χ2n) is 7.84. The van der Waals surface area contributed by atoms with Crippen LogP contribution in [0.3, 0.4) is 0 Å². The Labute approximate surface area is 200 Å². The standard InChI is InChI=1S/C24H32N8O2/c1-3-7-32(24(26)27-18-25)10-13-34-23-16-21(31-8-11-33-12-9-31)15-22(29-23)30-28-17-20-6-4-5-19(2)14-20/h4-6,14-17H,3,7-13H2,1-2H3,(H2,26,27)(H,29,30). The fourth-order valence-electron chi connectivity index (χ4n) is 3.54. The van der Waals surface area contributed by atoms with E-state index < -0.39 is 0 Å². The predicted octanol–water partition coefficient (Wildman–Crippen LogP) is 2.56. The van der Waals surface area contributed by atoms with Crippen LogP contribution in [0.25, 0.3) is 0 Å². The average Bonchev–Trinajstić information content (AvgIpc) is 2.84. The van der Waals surface area contributed by atoms with E-state index in [0.29, 0.717) is 44.6 Å². The van der Waals surface area contributed by atoms with Crippen LogP contribution >= 0.6 is 0 Å². The molecular weight excluding hydrogens is 432 g/mol. The maximum absolute atomic E-state index is 8.78. The van der Waals surface area contributed by atoms with Crippen LogP contribution < -0.4 is 20.8 Å². The van der Waals surface area contributed by atoms with Crippen molar-refractivity contribution in [2.24, 2.45) is 15.8 Å². The molecule has 180 valence electrons. The first-order valence-corrected chi connectivity index (χ1v) is 11.4. The number of pyridine rings is 1. The Morgan fingerprint density at radius 2 is 2.15 bits per heavy atom. The van der Waals surface area contributed by atoms with Crippen molar-refractivity contribution in [2.45, 2.75) is 20.3 Å². The minimum atomic E-state index is 0.191. The molecular formula is C24H32N8O2. The molecule has 1 aliphatic rings. The van der Waals surface area contributed by atoms with Crippen molar-refractivity contribution >= 4 is 23.7 Å². The SMILES string of the molecule is CCCN(CCOc1cc(N2CCOCC2)cc(NN=Cc2cccc(C)c2)n1)C(N)=NC#N. The molecule has 1 saturated heterocycles. The summed E-state index contributed by atoms with van der Waals surface area (Å²) in [4.78, 5) is 12.2. The maximum Gasteiger partial charge on any atom is 0.217 e. The predicted molar refractivity (Wildman–Crippen MR) is 134 cm³/mol. The summed E-state index contributed by atoms with van der Waals surface area (Å²) in [7, 11) is 0. The van der Waals surface area contributed by atoms with E-state index >= 15 is 0 Å². The zero-order valence-electron chi connectivity index (χ0n) is 19.8. The highest BCUT2D eigenvalue weighted by molar-refractivity contribution is 5.80. The van der Waals surface area contributed by atoms with Gasteiger partial charge in [-0.2, -0.15) is 15.3 Å². The number of benzene rings is 1. The highest BCUT2D eigenvalue weighted by Crippen LogP contribution is 2.25. The van der Waals surface area contributed by atoms with Gasteiger partial charge in [0.2, 0.25) is 18.0 Å². The van der Waals surface area contributed by atoms with Crippen molar-refractivity contribution < 1.29 is 9.47 Å². The summed E-state index contributed by atoms with van der Waals surface area (Å²) >= 11 is 0. The molecule has 1 aromatic carbocycles. The van der Waals surface area contributed by atoms with Gasteiger partial charge < -0.3 is 25.0 Å². The van der Waals surface area contributed by atoms with Crippen molar-refractivity contribution in [2.75, 3.05) is 56.3 Å². The van der Waals surface area contributed by atoms with Gasteiger partial charge in [-0.1, -0.05) is 36.8 Å². The number of morpholine rings is 1. The fraction of sp³-hybridized carbons (Fsp3) is 0.417. The third kappa shape index (κ3) is 7.64. The molecule has 3 N–H and O–H groups in total. The molecule has 1 aliphatic heterocycles. The van der Waals surface area contributed by atoms with Crippen LogP contribution in [0.4, 0.5) is 11.5 Å². The number of nitriles is 1. The Hall–Kier alpha value is -3.84. The number of aryl methyl sites for hydroxylation is 1. The van der Waals surface area contributed by atoms with Crippen LogP contribution in [0.2, 0.25) is 0 Å². The Morgan fingerprint density at radius 3 is 2.88 bits per heavy atom. The van der Waals surface area contributed by atoms with Gasteiger partial charge in [-0.15, -0.1) is 4.99 Å². The number of aromatic nitrogens is 1. The fourth-order valence-corrected chi connectivity index (χ4v) is 3.54. The van der Waals surface area contributed by atoms with E-state index in [-0.39, 0.29) is 5.96 Å². The maximum atomic E-state index is 8.78. The number of nitrogens with two attached hydrogens (primary N) is 1. The number of nitrogens with one attached hydrogen (secondary N) is 1. The lowest BCUT2D eigenvalue weighted by Crippen LogP contribution is -2.40. The number of hydrazone groups is 1. The summed E-state index contributed by atoms with van der Waals surface area (Å²) in [5, 5.41) is 13.1. The number of hydrogen-bond acceptors (Lipinski definition) is 8. The summed E-state index contributed by atoms with van der Waals surface area (Å²) in [5.41, 5.74) is 12.1. The monoisotopic (exact) mass is 464 g/mol. The molecule has 0 radical (unpaired) electrons. The number of ether oxygens (including phenoxy) is 2. The van der Waals surface area contributed by atoms with Crippen LogP contribution in [0.1, 0.15) is 24.5 Å². The molecule has 2 aromatic rings. The van der Waals surface area contributed by atoms with Crippen LogP contribution in [-0.4, -0.2) is 68.1 Å². The van der Waals surface area contributed by atoms with Gasteiger partial charge in [0, 0.05) is 37.5 Å². The minimum absolute atomic E-state index is 0.191. The highest BCUT2D eigenvalue weighted by atomic mass is 16.5. The van der Waals surface area contributed by atoms with E-state index in [2.05, 4.69) is 31.5 Å². The molecule has 0 atom stereocenters. The zero-order chi connectivity index (χ0) is 24.2. The number of nitrogens with zero attached hydrogens (tertiary/aromatic N) is 6. The summed E-state index contributed by atoms with van der Waals surface area (Å²) in [6.45, 7) is 8.53. The van der Waals surface area contributed by atoms with Gasteiger partial charge in [0.05, 0.1) is 26.0 Å². The van der Waals surface area contributed by atoms with Crippen LogP contribution in [0.15, 0.2) is 46.5 Å². The molecule has 3 rings (SSSR count). The third-order valence-electron chi connectivity index (χ3n) is 5.19. The molecule has 0 saturated carbocycles. The molecule has 1 aromatic heterocycles. The van der Waals surface area contributed by atoms with Gasteiger partial charge in [0.1, 0.15) is 6.61 Å². The summed E-state index contributed by atoms with van der Waals surface area (Å²) in [6, 6.07) is 12.0. The van der Waals surface area contributed by atoms with Gasteiger partial charge in [0.15, 0.2) is 5.82 Å². The second-order valence-corrected chi connectivity index (χ2v) is 7.84. The number of aliphatic imine (C=N–C) groups is 1. The molecule has 1 fully saturated rings. The van der Waals surface area contributed by atoms with E-state index in [1.54, 1.807) is 12.4 Å². The third-order valence-corrected chi connectivity index (χ3v) is 5.19. The quantitative estimate of drug-likeness (QED) is 0.238. The van der Waals surface area contributed by atoms with Crippen molar-refractivity contribution in [3.8, 4) is 12.1 Å². The van der Waals surface area contributed by atoms with Crippen LogP contribution in [0.5, 0.6) is 5.88 Å². The number of anilines is 2. The van der Waals surface area contributed by atoms with E-state index in [4.69, 9.17) is 20.5 Å². The lowest BCUT2D eigenvalue weighted by Gasteiger charge is -2.29. The van der Waals surface area contributed by atoms with Gasteiger partial charge in [-0.05, 0) is 18.9 Å². The van der Waals surface area contributed by atoms with Crippen molar-refractivity contribution in [1.82, 2.24) is 9.88 Å². The Kier molecular flexibility index (Phi) is 9.49. The summed E-state index contributed by atoms with van der Waals surface area (Å²) in [5.74, 6) is 1.25. The molecule has 10 heteroatoms. The van der Waals surface area contributed by atoms with E-state index in [0.717, 1.165) is 30.8 Å². The van der Waals surface area contributed by atoms with Crippen LogP contribution in [-0.2, 0) is 4.74 Å². The van der Waals surface area contributed by atoms with Crippen molar-refractivity contribution in [3.05, 3.63) is 47.5 Å². The Bertz CT molecular complexity index is 1030. The first-order chi connectivity index (χ1) is 16.6. The molecule has 0 aliphatic carbocycles. The normalized spacial score (nSPS) is 14.1. The van der Waals surface area contributed by atoms with Crippen molar-refractivity contribution in [1.29, 1.82) is 5.26 Å². The van der Waals surface area contributed by atoms with Crippen LogP contribution in [0, 0.1) is 18.4 Å². The second kappa shape index (κ2) is 13.0.